The third kappa shape index (κ3) is 5.55. The van der Waals surface area contributed by atoms with Gasteiger partial charge in [0.1, 0.15) is 21.3 Å². The Kier molecular flexibility index (Phi) is 6.92. The van der Waals surface area contributed by atoms with E-state index >= 15 is 0 Å². The van der Waals surface area contributed by atoms with Crippen LogP contribution < -0.4 is 5.32 Å². The minimum atomic E-state index is -3.19. The van der Waals surface area contributed by atoms with Gasteiger partial charge in [-0.25, -0.2) is 17.8 Å². The van der Waals surface area contributed by atoms with E-state index in [9.17, 15) is 17.6 Å². The molecule has 10 nitrogen and oxygen atoms in total. The monoisotopic (exact) mass is 609 g/mol. The quantitative estimate of drug-likeness (QED) is 0.201. The van der Waals surface area contributed by atoms with Gasteiger partial charge in [-0.15, -0.1) is 0 Å². The molecule has 0 bridgehead atoms. The van der Waals surface area contributed by atoms with Gasteiger partial charge in [-0.05, 0) is 60.7 Å². The summed E-state index contributed by atoms with van der Waals surface area (Å²) in [6.45, 7) is 0. The Morgan fingerprint density at radius 3 is 2.70 bits per heavy atom. The van der Waals surface area contributed by atoms with Gasteiger partial charge in [0.15, 0.2) is 5.82 Å². The van der Waals surface area contributed by atoms with Crippen molar-refractivity contribution >= 4 is 43.4 Å². The molecular weight excluding hydrogens is 581 g/mol. The van der Waals surface area contributed by atoms with Crippen LogP contribution >= 0.6 is 0 Å². The van der Waals surface area contributed by atoms with E-state index < -0.39 is 15.7 Å². The van der Waals surface area contributed by atoms with E-state index in [1.807, 2.05) is 30.3 Å². The Morgan fingerprint density at radius 2 is 1.91 bits per heavy atom. The van der Waals surface area contributed by atoms with Gasteiger partial charge in [-0.2, -0.15) is 5.10 Å². The van der Waals surface area contributed by atoms with Crippen molar-refractivity contribution in [3.05, 3.63) is 78.5 Å². The maximum absolute atomic E-state index is 14.6. The van der Waals surface area contributed by atoms with Crippen LogP contribution in [-0.2, 0) is 21.1 Å². The van der Waals surface area contributed by atoms with E-state index in [1.165, 1.54) is 18.4 Å². The highest BCUT2D eigenvalue weighted by Gasteiger charge is 2.25. The predicted octanol–water partition coefficient (Wildman–Crippen LogP) is 5.70. The average Bonchev–Trinajstić information content (AvgIpc) is 3.58. The summed E-state index contributed by atoms with van der Waals surface area (Å²) < 4.78 is 38.0. The highest BCUT2D eigenvalue weighted by atomic mass is 32.2. The molecule has 4 heterocycles. The van der Waals surface area contributed by atoms with Crippen LogP contribution in [0.25, 0.3) is 55.8 Å². The van der Waals surface area contributed by atoms with Crippen molar-refractivity contribution in [3.8, 4) is 33.9 Å². The number of amides is 1. The first-order valence-electron chi connectivity index (χ1n) is 14.3. The zero-order valence-electron chi connectivity index (χ0n) is 23.8. The number of anilines is 1. The lowest BCUT2D eigenvalue weighted by Gasteiger charge is -2.24. The fraction of sp³-hybridized carbons (Fsp3) is 0.219. The van der Waals surface area contributed by atoms with E-state index in [0.29, 0.717) is 50.6 Å². The number of hydrogen-bond acceptors (Lipinski definition) is 7. The molecule has 222 valence electrons. The summed E-state index contributed by atoms with van der Waals surface area (Å²) >= 11 is 0. The van der Waals surface area contributed by atoms with Crippen LogP contribution in [0.2, 0.25) is 0 Å². The van der Waals surface area contributed by atoms with E-state index in [4.69, 9.17) is 4.98 Å². The Hall–Kier alpha value is -4.97. The zero-order valence-corrected chi connectivity index (χ0v) is 24.6. The van der Waals surface area contributed by atoms with Crippen molar-refractivity contribution < 1.29 is 17.6 Å². The van der Waals surface area contributed by atoms with Gasteiger partial charge < -0.3 is 10.3 Å². The van der Waals surface area contributed by atoms with Gasteiger partial charge in [0.25, 0.3) is 0 Å². The first-order valence-corrected chi connectivity index (χ1v) is 16.3. The molecule has 1 aliphatic carbocycles. The number of rotatable bonds is 8. The van der Waals surface area contributed by atoms with Crippen LogP contribution in [0.4, 0.5) is 10.1 Å². The number of benzene rings is 2. The van der Waals surface area contributed by atoms with Gasteiger partial charge in [0.05, 0.1) is 46.1 Å². The Balaban J connectivity index is 1.23. The summed E-state index contributed by atoms with van der Waals surface area (Å²) in [5.74, 6) is 0.0881. The summed E-state index contributed by atoms with van der Waals surface area (Å²) in [4.78, 5) is 29.6. The number of H-pyrrole nitrogens is 2. The van der Waals surface area contributed by atoms with Gasteiger partial charge in [-0.1, -0.05) is 24.6 Å². The van der Waals surface area contributed by atoms with Gasteiger partial charge >= 0.3 is 0 Å². The van der Waals surface area contributed by atoms with Crippen LogP contribution in [0, 0.1) is 11.7 Å². The van der Waals surface area contributed by atoms with Crippen LogP contribution in [0.1, 0.15) is 24.8 Å². The molecule has 7 rings (SSSR count). The molecule has 4 aromatic heterocycles. The van der Waals surface area contributed by atoms with E-state index in [0.717, 1.165) is 35.7 Å². The largest absolute Gasteiger partial charge is 0.337 e. The predicted molar refractivity (Wildman–Crippen MR) is 167 cm³/mol. The van der Waals surface area contributed by atoms with E-state index in [2.05, 4.69) is 30.5 Å². The van der Waals surface area contributed by atoms with Crippen LogP contribution in [0.15, 0.2) is 67.1 Å². The summed E-state index contributed by atoms with van der Waals surface area (Å²) in [6, 6.07) is 13.9. The number of para-hydroxylation sites is 1. The Labute approximate surface area is 252 Å². The van der Waals surface area contributed by atoms with Crippen molar-refractivity contribution in [1.82, 2.24) is 30.1 Å². The normalized spacial score (nSPS) is 13.8. The number of aryl methyl sites for hydroxylation is 1. The van der Waals surface area contributed by atoms with E-state index in [-0.39, 0.29) is 24.0 Å². The second-order valence-corrected chi connectivity index (χ2v) is 13.5. The van der Waals surface area contributed by atoms with Crippen molar-refractivity contribution in [3.63, 3.8) is 0 Å². The zero-order chi connectivity index (χ0) is 30.4. The number of nitrogens with zero attached hydrogens (tertiary/aromatic N) is 4. The topological polar surface area (TPSA) is 146 Å². The molecule has 1 aliphatic rings. The standard InChI is InChI=1S/C32H28FN7O3S/c1-44(42,43)9-8-18-10-20(12-22(33)11-18)24-6-3-7-26-29(24)38-31(37-26)30-25-14-27(35-17-28(25)39-40-30)21-13-23(16-34-15-21)36-32(41)19-4-2-5-19/h3,6-7,10-17,19H,2,4-5,8-9H2,1H3,(H,36,41)(H,37,38)(H,39,40). The van der Waals surface area contributed by atoms with Crippen LogP contribution in [0.3, 0.4) is 0 Å². The number of nitrogens with one attached hydrogen (secondary N) is 3. The molecule has 0 unspecified atom stereocenters. The van der Waals surface area contributed by atoms with Crippen molar-refractivity contribution in [2.45, 2.75) is 25.7 Å². The maximum atomic E-state index is 14.6. The minimum Gasteiger partial charge on any atom is -0.337 e. The molecule has 2 aromatic carbocycles. The van der Waals surface area contributed by atoms with Crippen LogP contribution in [-0.4, -0.2) is 56.5 Å². The lowest BCUT2D eigenvalue weighted by Crippen LogP contribution is -2.28. The number of hydrogen-bond donors (Lipinski definition) is 3. The number of imidazole rings is 1. The summed E-state index contributed by atoms with van der Waals surface area (Å²) in [7, 11) is -3.19. The minimum absolute atomic E-state index is 0.0170. The lowest BCUT2D eigenvalue weighted by molar-refractivity contribution is -0.122. The number of sulfone groups is 1. The van der Waals surface area contributed by atoms with E-state index in [1.54, 1.807) is 24.7 Å². The number of carbonyl (C=O) groups excluding carboxylic acids is 1. The average molecular weight is 610 g/mol. The second kappa shape index (κ2) is 10.9. The first kappa shape index (κ1) is 27.8. The highest BCUT2D eigenvalue weighted by molar-refractivity contribution is 7.90. The molecule has 0 spiro atoms. The summed E-state index contributed by atoms with van der Waals surface area (Å²) in [6.07, 6.45) is 9.31. The smallest absolute Gasteiger partial charge is 0.227 e. The van der Waals surface area contributed by atoms with Crippen molar-refractivity contribution in [1.29, 1.82) is 0 Å². The van der Waals surface area contributed by atoms with Gasteiger partial charge in [0.2, 0.25) is 5.91 Å². The Bertz CT molecular complexity index is 2170. The van der Waals surface area contributed by atoms with Gasteiger partial charge in [0, 0.05) is 34.9 Å². The van der Waals surface area contributed by atoms with Gasteiger partial charge in [-0.3, -0.25) is 19.9 Å². The summed E-state index contributed by atoms with van der Waals surface area (Å²) in [5, 5.41) is 11.3. The fourth-order valence-corrected chi connectivity index (χ4v) is 6.06. The molecule has 0 aliphatic heterocycles. The Morgan fingerprint density at radius 1 is 1.05 bits per heavy atom. The molecule has 44 heavy (non-hydrogen) atoms. The SMILES string of the molecule is CS(=O)(=O)CCc1cc(F)cc(-c2cccc3[nH]c(-c4n[nH]c5cnc(-c6cncc(NC(=O)C7CCC7)c6)cc45)nc23)c1. The first-order chi connectivity index (χ1) is 21.2. The molecule has 1 saturated carbocycles. The molecule has 0 saturated heterocycles. The second-order valence-electron chi connectivity index (χ2n) is 11.3. The maximum Gasteiger partial charge on any atom is 0.227 e. The number of aromatic amines is 2. The lowest BCUT2D eigenvalue weighted by atomic mass is 9.85. The molecule has 12 heteroatoms. The number of pyridine rings is 2. The molecule has 1 fully saturated rings. The third-order valence-corrected chi connectivity index (χ3v) is 8.94. The molecule has 1 amide bonds. The summed E-state index contributed by atoms with van der Waals surface area (Å²) in [5.41, 5.74) is 6.60. The number of carbonyl (C=O) groups is 1. The third-order valence-electron chi connectivity index (χ3n) is 7.99. The number of halogens is 1. The molecular formula is C32H28FN7O3S. The van der Waals surface area contributed by atoms with Crippen molar-refractivity contribution in [2.24, 2.45) is 5.92 Å². The fourth-order valence-electron chi connectivity index (χ4n) is 5.45. The molecule has 6 aromatic rings. The highest BCUT2D eigenvalue weighted by Crippen LogP contribution is 2.34. The number of aromatic nitrogens is 6. The molecule has 0 atom stereocenters. The van der Waals surface area contributed by atoms with Crippen LogP contribution in [0.5, 0.6) is 0 Å². The van der Waals surface area contributed by atoms with Crippen molar-refractivity contribution in [2.75, 3.05) is 17.3 Å². The molecule has 3 N–H and O–H groups in total. The molecule has 0 radical (unpaired) electrons. The number of fused-ring (bicyclic) bond motifs is 2.